The van der Waals surface area contributed by atoms with Crippen LogP contribution >= 0.6 is 54.8 Å². The van der Waals surface area contributed by atoms with Crippen LogP contribution in [0, 0.1) is 5.92 Å². The van der Waals surface area contributed by atoms with Crippen LogP contribution in [0.15, 0.2) is 14.1 Å². The highest BCUT2D eigenvalue weighted by Crippen LogP contribution is 2.38. The highest BCUT2D eigenvalue weighted by molar-refractivity contribution is 9.11. The van der Waals surface area contributed by atoms with E-state index in [4.69, 9.17) is 11.6 Å². The van der Waals surface area contributed by atoms with Crippen LogP contribution in [0.5, 0.6) is 0 Å². The number of rotatable bonds is 3. The van der Waals surface area contributed by atoms with Crippen LogP contribution in [0.25, 0.3) is 0 Å². The monoisotopic (exact) mass is 435 g/mol. The molecule has 1 aromatic rings. The Hall–Kier alpha value is 0.860. The number of alkyl halides is 1. The number of hydrogen-bond donors (Lipinski definition) is 0. The molecule has 1 fully saturated rings. The Bertz CT molecular complexity index is 527. The van der Waals surface area contributed by atoms with E-state index in [2.05, 4.69) is 38.8 Å². The third-order valence-electron chi connectivity index (χ3n) is 3.18. The lowest BCUT2D eigenvalue weighted by molar-refractivity contribution is 0.379. The summed E-state index contributed by atoms with van der Waals surface area (Å²) in [5.74, 6) is 0.373. The van der Waals surface area contributed by atoms with E-state index in [-0.39, 0.29) is 6.04 Å². The van der Waals surface area contributed by atoms with E-state index in [0.29, 0.717) is 30.8 Å². The van der Waals surface area contributed by atoms with Crippen molar-refractivity contribution in [3.8, 4) is 0 Å². The van der Waals surface area contributed by atoms with E-state index in [1.807, 2.05) is 0 Å². The molecule has 0 N–H and O–H groups in total. The Morgan fingerprint density at radius 2 is 2.28 bits per heavy atom. The van der Waals surface area contributed by atoms with Crippen LogP contribution in [0.2, 0.25) is 5.02 Å². The minimum atomic E-state index is -3.43. The molecule has 0 aliphatic carbocycles. The van der Waals surface area contributed by atoms with Gasteiger partial charge in [-0.1, -0.05) is 34.5 Å². The molecule has 1 aliphatic rings. The third kappa shape index (κ3) is 2.67. The molecule has 1 saturated heterocycles. The molecule has 2 heterocycles. The summed E-state index contributed by atoms with van der Waals surface area (Å²) in [6.07, 6.45) is 0.899. The van der Waals surface area contributed by atoms with Crippen molar-refractivity contribution in [2.75, 3.05) is 11.9 Å². The quantitative estimate of drug-likeness (QED) is 0.672. The normalized spacial score (nSPS) is 25.8. The minimum Gasteiger partial charge on any atom is -0.206 e. The number of sulfonamides is 1. The van der Waals surface area contributed by atoms with Gasteiger partial charge < -0.3 is 0 Å². The van der Waals surface area contributed by atoms with E-state index in [1.165, 1.54) is 6.07 Å². The maximum atomic E-state index is 12.6. The van der Waals surface area contributed by atoms with Gasteiger partial charge in [-0.25, -0.2) is 8.42 Å². The first kappa shape index (κ1) is 15.3. The summed E-state index contributed by atoms with van der Waals surface area (Å²) in [6.45, 7) is 2.66. The fourth-order valence-electron chi connectivity index (χ4n) is 2.07. The first-order chi connectivity index (χ1) is 8.37. The molecular formula is C10H12Br2ClNO2S2. The second-order valence-electron chi connectivity index (χ2n) is 4.29. The van der Waals surface area contributed by atoms with Gasteiger partial charge in [0.2, 0.25) is 0 Å². The van der Waals surface area contributed by atoms with Crippen molar-refractivity contribution in [1.29, 1.82) is 0 Å². The fraction of sp³-hybridized carbons (Fsp3) is 0.600. The zero-order valence-electron chi connectivity index (χ0n) is 9.57. The molecule has 2 unspecified atom stereocenters. The Labute approximate surface area is 133 Å². The first-order valence-corrected chi connectivity index (χ1v) is 9.95. The van der Waals surface area contributed by atoms with Gasteiger partial charge in [0, 0.05) is 17.9 Å². The van der Waals surface area contributed by atoms with Crippen LogP contribution in [0.4, 0.5) is 0 Å². The number of hydrogen-bond acceptors (Lipinski definition) is 3. The van der Waals surface area contributed by atoms with Gasteiger partial charge in [0.15, 0.2) is 0 Å². The largest absolute Gasteiger partial charge is 0.252 e. The highest BCUT2D eigenvalue weighted by atomic mass is 79.9. The third-order valence-corrected chi connectivity index (χ3v) is 8.69. The lowest BCUT2D eigenvalue weighted by Crippen LogP contribution is -2.38. The maximum absolute atomic E-state index is 12.6. The van der Waals surface area contributed by atoms with E-state index < -0.39 is 10.0 Å². The lowest BCUT2D eigenvalue weighted by Gasteiger charge is -2.23. The van der Waals surface area contributed by atoms with Crippen molar-refractivity contribution >= 4 is 64.8 Å². The summed E-state index contributed by atoms with van der Waals surface area (Å²) in [6, 6.07) is 1.54. The summed E-state index contributed by atoms with van der Waals surface area (Å²) >= 11 is 13.7. The van der Waals surface area contributed by atoms with Gasteiger partial charge in [0.1, 0.15) is 4.21 Å². The summed E-state index contributed by atoms with van der Waals surface area (Å²) in [5.41, 5.74) is 0. The first-order valence-electron chi connectivity index (χ1n) is 5.40. The van der Waals surface area contributed by atoms with Crippen LogP contribution in [0.1, 0.15) is 13.3 Å². The van der Waals surface area contributed by atoms with Gasteiger partial charge in [-0.15, -0.1) is 11.3 Å². The second-order valence-corrected chi connectivity index (χ2v) is 9.83. The molecule has 0 saturated carbocycles. The van der Waals surface area contributed by atoms with E-state index >= 15 is 0 Å². The Morgan fingerprint density at radius 1 is 1.61 bits per heavy atom. The summed E-state index contributed by atoms with van der Waals surface area (Å²) in [4.78, 5) is 0. The van der Waals surface area contributed by atoms with Gasteiger partial charge in [-0.05, 0) is 34.3 Å². The molecule has 102 valence electrons. The fourth-order valence-corrected chi connectivity index (χ4v) is 7.51. The molecule has 1 aliphatic heterocycles. The zero-order valence-corrected chi connectivity index (χ0v) is 15.1. The zero-order chi connectivity index (χ0) is 13.5. The predicted octanol–water partition coefficient (Wildman–Crippen LogP) is 3.96. The van der Waals surface area contributed by atoms with Crippen LogP contribution in [-0.4, -0.2) is 30.6 Å². The SMILES string of the molecule is CC1CCN(S(=O)(=O)c2cc(Cl)c(Br)s2)C1CBr. The van der Waals surface area contributed by atoms with E-state index in [9.17, 15) is 8.42 Å². The second kappa shape index (κ2) is 5.69. The molecule has 0 radical (unpaired) electrons. The highest BCUT2D eigenvalue weighted by Gasteiger charge is 2.39. The smallest absolute Gasteiger partial charge is 0.206 e. The molecule has 0 spiro atoms. The number of nitrogens with zero attached hydrogens (tertiary/aromatic N) is 1. The molecule has 1 aromatic heterocycles. The molecule has 2 rings (SSSR count). The van der Waals surface area contributed by atoms with Gasteiger partial charge in [-0.3, -0.25) is 0 Å². The summed E-state index contributed by atoms with van der Waals surface area (Å²) < 4.78 is 27.6. The average molecular weight is 438 g/mol. The van der Waals surface area contributed by atoms with Crippen molar-refractivity contribution in [2.24, 2.45) is 5.92 Å². The lowest BCUT2D eigenvalue weighted by atomic mass is 10.1. The molecule has 18 heavy (non-hydrogen) atoms. The van der Waals surface area contributed by atoms with Gasteiger partial charge in [-0.2, -0.15) is 4.31 Å². The molecule has 0 bridgehead atoms. The van der Waals surface area contributed by atoms with Gasteiger partial charge in [0.05, 0.1) is 8.81 Å². The average Bonchev–Trinajstić information content (AvgIpc) is 2.84. The maximum Gasteiger partial charge on any atom is 0.252 e. The number of halogens is 3. The topological polar surface area (TPSA) is 37.4 Å². The number of thiophene rings is 1. The van der Waals surface area contributed by atoms with Gasteiger partial charge >= 0.3 is 0 Å². The summed E-state index contributed by atoms with van der Waals surface area (Å²) in [7, 11) is -3.43. The standard InChI is InChI=1S/C10H12Br2ClNO2S2/c1-6-2-3-14(8(6)5-11)18(15,16)9-4-7(13)10(12)17-9/h4,6,8H,2-3,5H2,1H3. The van der Waals surface area contributed by atoms with Crippen molar-refractivity contribution in [1.82, 2.24) is 4.31 Å². The molecule has 3 nitrogen and oxygen atoms in total. The predicted molar refractivity (Wildman–Crippen MR) is 82.3 cm³/mol. The van der Waals surface area contributed by atoms with Crippen molar-refractivity contribution in [3.63, 3.8) is 0 Å². The Morgan fingerprint density at radius 3 is 2.78 bits per heavy atom. The summed E-state index contributed by atoms with van der Waals surface area (Å²) in [5, 5.41) is 1.11. The molecule has 0 aromatic carbocycles. The van der Waals surface area contributed by atoms with Crippen molar-refractivity contribution in [3.05, 3.63) is 14.9 Å². The molecule has 2 atom stereocenters. The van der Waals surface area contributed by atoms with E-state index in [0.717, 1.165) is 17.8 Å². The Balaban J connectivity index is 2.37. The van der Waals surface area contributed by atoms with Crippen LogP contribution in [0.3, 0.4) is 0 Å². The Kier molecular flexibility index (Phi) is 4.82. The molecular weight excluding hydrogens is 426 g/mol. The van der Waals surface area contributed by atoms with E-state index in [1.54, 1.807) is 4.31 Å². The molecule has 0 amide bonds. The van der Waals surface area contributed by atoms with Crippen molar-refractivity contribution < 1.29 is 8.42 Å². The molecule has 8 heteroatoms. The van der Waals surface area contributed by atoms with Crippen LogP contribution in [-0.2, 0) is 10.0 Å². The van der Waals surface area contributed by atoms with Crippen molar-refractivity contribution in [2.45, 2.75) is 23.6 Å². The minimum absolute atomic E-state index is 0.0228. The van der Waals surface area contributed by atoms with Crippen LogP contribution < -0.4 is 0 Å². The van der Waals surface area contributed by atoms with Gasteiger partial charge in [0.25, 0.3) is 10.0 Å².